The number of anilines is 1. The predicted molar refractivity (Wildman–Crippen MR) is 117 cm³/mol. The summed E-state index contributed by atoms with van der Waals surface area (Å²) in [6, 6.07) is 13.7. The van der Waals surface area contributed by atoms with Crippen molar-refractivity contribution in [2.45, 2.75) is 20.0 Å². The highest BCUT2D eigenvalue weighted by Crippen LogP contribution is 2.15. The van der Waals surface area contributed by atoms with Crippen LogP contribution in [0.3, 0.4) is 0 Å². The van der Waals surface area contributed by atoms with Gasteiger partial charge in [-0.3, -0.25) is 14.9 Å². The van der Waals surface area contributed by atoms with E-state index in [1.807, 2.05) is 13.8 Å². The molecular formula is C21H25N3O4S. The van der Waals surface area contributed by atoms with Gasteiger partial charge in [-0.05, 0) is 62.5 Å². The SMILES string of the molecule is COCCNC(=O)c1cccc(NC(=S)NC(=O)c2cccc(OC(C)C)c2)c1. The van der Waals surface area contributed by atoms with E-state index in [1.54, 1.807) is 55.6 Å². The van der Waals surface area contributed by atoms with E-state index in [-0.39, 0.29) is 23.0 Å². The molecular weight excluding hydrogens is 390 g/mol. The lowest BCUT2D eigenvalue weighted by atomic mass is 10.2. The third-order valence-corrected chi connectivity index (χ3v) is 3.87. The summed E-state index contributed by atoms with van der Waals surface area (Å²) in [5, 5.41) is 8.41. The van der Waals surface area contributed by atoms with Crippen molar-refractivity contribution >= 4 is 34.8 Å². The largest absolute Gasteiger partial charge is 0.491 e. The second-order valence-corrected chi connectivity index (χ2v) is 6.84. The van der Waals surface area contributed by atoms with E-state index in [4.69, 9.17) is 21.7 Å². The van der Waals surface area contributed by atoms with Gasteiger partial charge in [0.05, 0.1) is 12.7 Å². The predicted octanol–water partition coefficient (Wildman–Crippen LogP) is 2.98. The fourth-order valence-electron chi connectivity index (χ4n) is 2.43. The molecule has 0 radical (unpaired) electrons. The first kappa shape index (κ1) is 22.3. The maximum absolute atomic E-state index is 12.4. The van der Waals surface area contributed by atoms with Crippen LogP contribution in [0.5, 0.6) is 5.75 Å². The molecule has 0 unspecified atom stereocenters. The smallest absolute Gasteiger partial charge is 0.257 e. The summed E-state index contributed by atoms with van der Waals surface area (Å²) in [7, 11) is 1.57. The van der Waals surface area contributed by atoms with Crippen molar-refractivity contribution in [2.75, 3.05) is 25.6 Å². The molecule has 0 saturated heterocycles. The molecule has 0 aliphatic carbocycles. The highest BCUT2D eigenvalue weighted by atomic mass is 32.1. The average molecular weight is 416 g/mol. The minimum absolute atomic E-state index is 0.00929. The van der Waals surface area contributed by atoms with E-state index in [1.165, 1.54) is 0 Å². The Balaban J connectivity index is 1.96. The monoisotopic (exact) mass is 415 g/mol. The van der Waals surface area contributed by atoms with E-state index in [0.717, 1.165) is 0 Å². The van der Waals surface area contributed by atoms with Crippen LogP contribution in [0, 0.1) is 0 Å². The second-order valence-electron chi connectivity index (χ2n) is 6.43. The van der Waals surface area contributed by atoms with Crippen molar-refractivity contribution in [3.8, 4) is 5.75 Å². The Morgan fingerprint density at radius 2 is 1.72 bits per heavy atom. The van der Waals surface area contributed by atoms with Crippen LogP contribution in [0.1, 0.15) is 34.6 Å². The van der Waals surface area contributed by atoms with E-state index in [0.29, 0.717) is 35.7 Å². The fraction of sp³-hybridized carbons (Fsp3) is 0.286. The minimum Gasteiger partial charge on any atom is -0.491 e. The summed E-state index contributed by atoms with van der Waals surface area (Å²) in [6.07, 6.45) is 0.00929. The molecule has 0 fully saturated rings. The molecule has 2 aromatic carbocycles. The van der Waals surface area contributed by atoms with Crippen LogP contribution in [-0.4, -0.2) is 43.3 Å². The summed E-state index contributed by atoms with van der Waals surface area (Å²) in [6.45, 7) is 4.68. The zero-order valence-electron chi connectivity index (χ0n) is 16.7. The van der Waals surface area contributed by atoms with Gasteiger partial charge in [0.1, 0.15) is 5.75 Å². The molecule has 154 valence electrons. The number of nitrogens with one attached hydrogen (secondary N) is 3. The summed E-state index contributed by atoms with van der Waals surface area (Å²) in [5.74, 6) is 0.0338. The van der Waals surface area contributed by atoms with Crippen LogP contribution in [0.15, 0.2) is 48.5 Å². The fourth-order valence-corrected chi connectivity index (χ4v) is 2.64. The third-order valence-electron chi connectivity index (χ3n) is 3.67. The normalized spacial score (nSPS) is 10.3. The van der Waals surface area contributed by atoms with E-state index in [2.05, 4.69) is 16.0 Å². The Morgan fingerprint density at radius 1 is 1.03 bits per heavy atom. The number of thiocarbonyl (C=S) groups is 1. The molecule has 0 aromatic heterocycles. The highest BCUT2D eigenvalue weighted by molar-refractivity contribution is 7.80. The van der Waals surface area contributed by atoms with Gasteiger partial charge in [0.2, 0.25) is 0 Å². The van der Waals surface area contributed by atoms with Gasteiger partial charge in [-0.1, -0.05) is 12.1 Å². The molecule has 7 nitrogen and oxygen atoms in total. The van der Waals surface area contributed by atoms with Crippen molar-refractivity contribution in [2.24, 2.45) is 0 Å². The zero-order chi connectivity index (χ0) is 21.2. The van der Waals surface area contributed by atoms with Gasteiger partial charge in [0, 0.05) is 30.5 Å². The third kappa shape index (κ3) is 7.52. The van der Waals surface area contributed by atoms with E-state index < -0.39 is 0 Å². The zero-order valence-corrected chi connectivity index (χ0v) is 17.5. The van der Waals surface area contributed by atoms with Crippen LogP contribution in [0.2, 0.25) is 0 Å². The molecule has 2 amide bonds. The minimum atomic E-state index is -0.356. The van der Waals surface area contributed by atoms with Crippen LogP contribution >= 0.6 is 12.2 Å². The lowest BCUT2D eigenvalue weighted by Crippen LogP contribution is -2.34. The number of carbonyl (C=O) groups excluding carboxylic acids is 2. The summed E-state index contributed by atoms with van der Waals surface area (Å²) < 4.78 is 10.5. The van der Waals surface area contributed by atoms with Gasteiger partial charge < -0.3 is 20.1 Å². The maximum Gasteiger partial charge on any atom is 0.257 e. The quantitative estimate of drug-likeness (QED) is 0.454. The van der Waals surface area contributed by atoms with Gasteiger partial charge >= 0.3 is 0 Å². The molecule has 0 bridgehead atoms. The Bertz CT molecular complexity index is 871. The molecule has 0 aliphatic rings. The first-order chi connectivity index (χ1) is 13.9. The topological polar surface area (TPSA) is 88.7 Å². The van der Waals surface area contributed by atoms with Crippen LogP contribution in [0.4, 0.5) is 5.69 Å². The molecule has 0 heterocycles. The molecule has 2 rings (SSSR count). The Labute approximate surface area is 175 Å². The van der Waals surface area contributed by atoms with Crippen molar-refractivity contribution in [3.63, 3.8) is 0 Å². The Hall–Kier alpha value is -2.97. The maximum atomic E-state index is 12.4. The number of ether oxygens (including phenoxy) is 2. The molecule has 0 atom stereocenters. The number of hydrogen-bond donors (Lipinski definition) is 3. The van der Waals surface area contributed by atoms with Crippen molar-refractivity contribution in [3.05, 3.63) is 59.7 Å². The summed E-state index contributed by atoms with van der Waals surface area (Å²) in [4.78, 5) is 24.6. The Kier molecular flexibility index (Phi) is 8.57. The Morgan fingerprint density at radius 3 is 2.41 bits per heavy atom. The van der Waals surface area contributed by atoms with Crippen LogP contribution in [-0.2, 0) is 4.74 Å². The van der Waals surface area contributed by atoms with E-state index >= 15 is 0 Å². The number of carbonyl (C=O) groups is 2. The standard InChI is InChI=1S/C21H25N3O4S/c1-14(2)28-18-9-5-7-16(13-18)20(26)24-21(29)23-17-8-4-6-15(12-17)19(25)22-10-11-27-3/h4-9,12-14H,10-11H2,1-3H3,(H,22,25)(H2,23,24,26,29). The highest BCUT2D eigenvalue weighted by Gasteiger charge is 2.11. The van der Waals surface area contributed by atoms with Gasteiger partial charge in [-0.15, -0.1) is 0 Å². The number of amides is 2. The van der Waals surface area contributed by atoms with Gasteiger partial charge in [0.15, 0.2) is 5.11 Å². The van der Waals surface area contributed by atoms with Crippen LogP contribution < -0.4 is 20.7 Å². The number of rotatable bonds is 8. The second kappa shape index (κ2) is 11.1. The summed E-state index contributed by atoms with van der Waals surface area (Å²) >= 11 is 5.22. The molecule has 29 heavy (non-hydrogen) atoms. The van der Waals surface area contributed by atoms with Gasteiger partial charge in [0.25, 0.3) is 11.8 Å². The van der Waals surface area contributed by atoms with Crippen molar-refractivity contribution in [1.82, 2.24) is 10.6 Å². The lowest BCUT2D eigenvalue weighted by Gasteiger charge is -2.13. The van der Waals surface area contributed by atoms with Crippen molar-refractivity contribution in [1.29, 1.82) is 0 Å². The molecule has 0 saturated carbocycles. The number of hydrogen-bond acceptors (Lipinski definition) is 5. The molecule has 8 heteroatoms. The molecule has 3 N–H and O–H groups in total. The number of benzene rings is 2. The average Bonchev–Trinajstić information content (AvgIpc) is 2.68. The van der Waals surface area contributed by atoms with Gasteiger partial charge in [-0.2, -0.15) is 0 Å². The van der Waals surface area contributed by atoms with Crippen LogP contribution in [0.25, 0.3) is 0 Å². The van der Waals surface area contributed by atoms with Gasteiger partial charge in [-0.25, -0.2) is 0 Å². The molecule has 0 aliphatic heterocycles. The molecule has 0 spiro atoms. The number of methoxy groups -OCH3 is 1. The first-order valence-corrected chi connectivity index (χ1v) is 9.56. The van der Waals surface area contributed by atoms with Crippen molar-refractivity contribution < 1.29 is 19.1 Å². The van der Waals surface area contributed by atoms with E-state index in [9.17, 15) is 9.59 Å². The lowest BCUT2D eigenvalue weighted by molar-refractivity contribution is 0.0935. The molecule has 2 aromatic rings. The first-order valence-electron chi connectivity index (χ1n) is 9.15. The summed E-state index contributed by atoms with van der Waals surface area (Å²) in [5.41, 5.74) is 1.49.